The van der Waals surface area contributed by atoms with Crippen molar-refractivity contribution in [2.45, 2.75) is 6.61 Å². The minimum absolute atomic E-state index is 0.0553. The lowest BCUT2D eigenvalue weighted by atomic mass is 10.0. The number of aliphatic hydroxyl groups excluding tert-OH is 1. The Hall–Kier alpha value is -1.51. The maximum absolute atomic E-state index is 9.14. The monoisotopic (exact) mass is 233 g/mol. The van der Waals surface area contributed by atoms with Crippen LogP contribution in [0.3, 0.4) is 0 Å². The molecule has 2 aromatic rings. The summed E-state index contributed by atoms with van der Waals surface area (Å²) in [5, 5.41) is 9.81. The molecule has 0 aliphatic rings. The van der Waals surface area contributed by atoms with Gasteiger partial charge in [0, 0.05) is 21.8 Å². The Balaban J connectivity index is 2.56. The summed E-state index contributed by atoms with van der Waals surface area (Å²) in [4.78, 5) is 0. The van der Waals surface area contributed by atoms with Gasteiger partial charge in [-0.15, -0.1) is 0 Å². The lowest BCUT2D eigenvalue weighted by Crippen LogP contribution is -1.96. The van der Waals surface area contributed by atoms with Crippen LogP contribution in [0, 0.1) is 0 Å². The first-order valence-electron chi connectivity index (χ1n) is 4.96. The molecule has 2 rings (SSSR count). The molecule has 0 bridgehead atoms. The third-order valence-electron chi connectivity index (χ3n) is 2.50. The van der Waals surface area contributed by atoms with Crippen LogP contribution in [-0.2, 0) is 6.61 Å². The van der Waals surface area contributed by atoms with E-state index in [1.54, 1.807) is 0 Å². The van der Waals surface area contributed by atoms with E-state index in [4.69, 9.17) is 22.4 Å². The zero-order valence-electron chi connectivity index (χ0n) is 8.65. The van der Waals surface area contributed by atoms with Gasteiger partial charge in [-0.2, -0.15) is 0 Å². The van der Waals surface area contributed by atoms with Crippen LogP contribution in [0.1, 0.15) is 5.56 Å². The highest BCUT2D eigenvalue weighted by Gasteiger charge is 2.06. The molecule has 0 fully saturated rings. The summed E-state index contributed by atoms with van der Waals surface area (Å²) >= 11 is 5.93. The second-order valence-corrected chi connectivity index (χ2v) is 3.98. The van der Waals surface area contributed by atoms with Crippen molar-refractivity contribution in [1.29, 1.82) is 0 Å². The van der Waals surface area contributed by atoms with Crippen molar-refractivity contribution in [3.8, 4) is 11.1 Å². The van der Waals surface area contributed by atoms with Crippen molar-refractivity contribution in [1.82, 2.24) is 0 Å². The molecule has 0 saturated carbocycles. The fraction of sp³-hybridized carbons (Fsp3) is 0.0769. The molecule has 0 heterocycles. The predicted molar refractivity (Wildman–Crippen MR) is 67.2 cm³/mol. The molecule has 3 heteroatoms. The van der Waals surface area contributed by atoms with E-state index in [-0.39, 0.29) is 6.61 Å². The summed E-state index contributed by atoms with van der Waals surface area (Å²) in [6.45, 7) is -0.0553. The Morgan fingerprint density at radius 3 is 2.56 bits per heavy atom. The predicted octanol–water partition coefficient (Wildman–Crippen LogP) is 3.08. The molecule has 0 aliphatic carbocycles. The molecular weight excluding hydrogens is 222 g/mol. The SMILES string of the molecule is Nc1c(CO)cccc1-c1cccc(Cl)c1. The smallest absolute Gasteiger partial charge is 0.0702 e. The van der Waals surface area contributed by atoms with Crippen LogP contribution in [0.4, 0.5) is 5.69 Å². The van der Waals surface area contributed by atoms with Crippen LogP contribution < -0.4 is 5.73 Å². The van der Waals surface area contributed by atoms with Crippen LogP contribution in [0.5, 0.6) is 0 Å². The molecule has 2 nitrogen and oxygen atoms in total. The Morgan fingerprint density at radius 1 is 1.12 bits per heavy atom. The zero-order valence-corrected chi connectivity index (χ0v) is 9.41. The molecule has 0 radical (unpaired) electrons. The molecule has 3 N–H and O–H groups in total. The quantitative estimate of drug-likeness (QED) is 0.783. The van der Waals surface area contributed by atoms with Crippen molar-refractivity contribution >= 4 is 17.3 Å². The van der Waals surface area contributed by atoms with Gasteiger partial charge in [0.25, 0.3) is 0 Å². The average Bonchev–Trinajstić information content (AvgIpc) is 2.29. The second kappa shape index (κ2) is 4.56. The van der Waals surface area contributed by atoms with Gasteiger partial charge in [0.15, 0.2) is 0 Å². The highest BCUT2D eigenvalue weighted by molar-refractivity contribution is 6.30. The first kappa shape index (κ1) is 11.0. The molecule has 0 spiro atoms. The zero-order chi connectivity index (χ0) is 11.5. The van der Waals surface area contributed by atoms with Crippen LogP contribution >= 0.6 is 11.6 Å². The third-order valence-corrected chi connectivity index (χ3v) is 2.74. The topological polar surface area (TPSA) is 46.2 Å². The van der Waals surface area contributed by atoms with Crippen LogP contribution in [0.2, 0.25) is 5.02 Å². The first-order chi connectivity index (χ1) is 7.72. The molecule has 2 aromatic carbocycles. The number of nitrogens with two attached hydrogens (primary N) is 1. The van der Waals surface area contributed by atoms with E-state index in [1.165, 1.54) is 0 Å². The van der Waals surface area contributed by atoms with Crippen LogP contribution in [0.15, 0.2) is 42.5 Å². The van der Waals surface area contributed by atoms with Gasteiger partial charge >= 0.3 is 0 Å². The van der Waals surface area contributed by atoms with E-state index in [2.05, 4.69) is 0 Å². The number of hydrogen-bond donors (Lipinski definition) is 2. The Labute approximate surface area is 99.3 Å². The number of para-hydroxylation sites is 1. The molecule has 0 amide bonds. The van der Waals surface area contributed by atoms with Crippen LogP contribution in [-0.4, -0.2) is 5.11 Å². The van der Waals surface area contributed by atoms with Gasteiger partial charge in [-0.1, -0.05) is 41.9 Å². The molecule has 82 valence electrons. The maximum atomic E-state index is 9.14. The average molecular weight is 234 g/mol. The summed E-state index contributed by atoms with van der Waals surface area (Å²) < 4.78 is 0. The fourth-order valence-corrected chi connectivity index (χ4v) is 1.85. The maximum Gasteiger partial charge on any atom is 0.0702 e. The van der Waals surface area contributed by atoms with Crippen molar-refractivity contribution in [3.63, 3.8) is 0 Å². The Bertz CT molecular complexity index is 511. The molecule has 0 saturated heterocycles. The number of benzene rings is 2. The minimum atomic E-state index is -0.0553. The summed E-state index contributed by atoms with van der Waals surface area (Å²) in [7, 11) is 0. The number of anilines is 1. The van der Waals surface area contributed by atoms with Crippen molar-refractivity contribution in [2.24, 2.45) is 0 Å². The van der Waals surface area contributed by atoms with Gasteiger partial charge in [0.05, 0.1) is 6.61 Å². The minimum Gasteiger partial charge on any atom is -0.398 e. The number of halogens is 1. The van der Waals surface area contributed by atoms with E-state index < -0.39 is 0 Å². The summed E-state index contributed by atoms with van der Waals surface area (Å²) in [5.41, 5.74) is 9.17. The normalized spacial score (nSPS) is 10.4. The van der Waals surface area contributed by atoms with Gasteiger partial charge in [-0.25, -0.2) is 0 Å². The molecule has 0 atom stereocenters. The van der Waals surface area contributed by atoms with E-state index in [0.29, 0.717) is 10.7 Å². The van der Waals surface area contributed by atoms with Gasteiger partial charge in [-0.05, 0) is 17.7 Å². The van der Waals surface area contributed by atoms with Gasteiger partial charge in [0.1, 0.15) is 0 Å². The lowest BCUT2D eigenvalue weighted by molar-refractivity contribution is 0.282. The van der Waals surface area contributed by atoms with Crippen LogP contribution in [0.25, 0.3) is 11.1 Å². The summed E-state index contributed by atoms with van der Waals surface area (Å²) in [5.74, 6) is 0. The highest BCUT2D eigenvalue weighted by Crippen LogP contribution is 2.30. The van der Waals surface area contributed by atoms with Crippen molar-refractivity contribution in [2.75, 3.05) is 5.73 Å². The van der Waals surface area contributed by atoms with Gasteiger partial charge in [0.2, 0.25) is 0 Å². The number of aliphatic hydroxyl groups is 1. The number of rotatable bonds is 2. The van der Waals surface area contributed by atoms with E-state index in [0.717, 1.165) is 16.7 Å². The van der Waals surface area contributed by atoms with Crippen molar-refractivity contribution in [3.05, 3.63) is 53.1 Å². The van der Waals surface area contributed by atoms with Gasteiger partial charge in [-0.3, -0.25) is 0 Å². The molecular formula is C13H12ClNO. The third kappa shape index (κ3) is 2.03. The first-order valence-corrected chi connectivity index (χ1v) is 5.34. The molecule has 0 aromatic heterocycles. The molecule has 16 heavy (non-hydrogen) atoms. The van der Waals surface area contributed by atoms with Gasteiger partial charge < -0.3 is 10.8 Å². The standard InChI is InChI=1S/C13H12ClNO/c14-11-5-1-3-9(7-11)12-6-2-4-10(8-16)13(12)15/h1-7,16H,8,15H2. The highest BCUT2D eigenvalue weighted by atomic mass is 35.5. The lowest BCUT2D eigenvalue weighted by Gasteiger charge is -2.09. The van der Waals surface area contributed by atoms with E-state index in [1.807, 2.05) is 42.5 Å². The Morgan fingerprint density at radius 2 is 1.88 bits per heavy atom. The molecule has 0 aliphatic heterocycles. The summed E-state index contributed by atoms with van der Waals surface area (Å²) in [6.07, 6.45) is 0. The Kier molecular flexibility index (Phi) is 3.13. The van der Waals surface area contributed by atoms with E-state index >= 15 is 0 Å². The van der Waals surface area contributed by atoms with Crippen molar-refractivity contribution < 1.29 is 5.11 Å². The number of hydrogen-bond acceptors (Lipinski definition) is 2. The summed E-state index contributed by atoms with van der Waals surface area (Å²) in [6, 6.07) is 13.1. The second-order valence-electron chi connectivity index (χ2n) is 3.55. The van der Waals surface area contributed by atoms with E-state index in [9.17, 15) is 0 Å². The number of nitrogen functional groups attached to an aromatic ring is 1. The largest absolute Gasteiger partial charge is 0.398 e. The fourth-order valence-electron chi connectivity index (χ4n) is 1.66. The molecule has 0 unspecified atom stereocenters.